The number of carbonyl (C=O) groups is 2. The van der Waals surface area contributed by atoms with E-state index in [9.17, 15) is 9.59 Å². The zero-order chi connectivity index (χ0) is 13.3. The van der Waals surface area contributed by atoms with E-state index in [0.29, 0.717) is 11.4 Å². The Labute approximate surface area is 112 Å². The Kier molecular flexibility index (Phi) is 3.71. The molecule has 18 heavy (non-hydrogen) atoms. The summed E-state index contributed by atoms with van der Waals surface area (Å²) in [5, 5.41) is 3.02. The monoisotopic (exact) mass is 265 g/mol. The van der Waals surface area contributed by atoms with Crippen LogP contribution in [0, 0.1) is 11.8 Å². The summed E-state index contributed by atoms with van der Waals surface area (Å²) < 4.78 is 0. The number of piperidine rings is 1. The molecule has 2 unspecified atom stereocenters. The average molecular weight is 266 g/mol. The van der Waals surface area contributed by atoms with Gasteiger partial charge in [-0.3, -0.25) is 14.9 Å². The molecule has 2 amide bonds. The fourth-order valence-corrected chi connectivity index (χ4v) is 2.71. The second-order valence-electron chi connectivity index (χ2n) is 5.06. The number of hydrogen-bond donors (Lipinski definition) is 1. The van der Waals surface area contributed by atoms with Crippen molar-refractivity contribution in [2.24, 2.45) is 11.8 Å². The first-order valence-corrected chi connectivity index (χ1v) is 6.46. The highest BCUT2D eigenvalue weighted by atomic mass is 35.5. The van der Waals surface area contributed by atoms with Crippen LogP contribution in [0.2, 0.25) is 5.02 Å². The van der Waals surface area contributed by atoms with E-state index < -0.39 is 0 Å². The molecule has 1 saturated heterocycles. The van der Waals surface area contributed by atoms with Gasteiger partial charge in [0.25, 0.3) is 0 Å². The molecule has 2 atom stereocenters. The normalized spacial score (nSPS) is 24.2. The molecule has 3 nitrogen and oxygen atoms in total. The third kappa shape index (κ3) is 2.56. The third-order valence-electron chi connectivity index (χ3n) is 3.46. The van der Waals surface area contributed by atoms with Gasteiger partial charge in [-0.05, 0) is 29.5 Å². The van der Waals surface area contributed by atoms with Crippen molar-refractivity contribution in [3.05, 3.63) is 34.9 Å². The Morgan fingerprint density at radius 1 is 1.33 bits per heavy atom. The molecule has 96 valence electrons. The van der Waals surface area contributed by atoms with E-state index in [4.69, 9.17) is 11.6 Å². The zero-order valence-electron chi connectivity index (χ0n) is 10.4. The van der Waals surface area contributed by atoms with E-state index in [-0.39, 0.29) is 29.6 Å². The SMILES string of the molecule is CC(C)C1CC(=O)NC(=O)C1c1cccc(Cl)c1. The summed E-state index contributed by atoms with van der Waals surface area (Å²) in [5.74, 6) is -0.390. The minimum atomic E-state index is -0.290. The molecule has 1 aliphatic rings. The summed E-state index contributed by atoms with van der Waals surface area (Å²) in [7, 11) is 0. The first-order chi connectivity index (χ1) is 8.49. The summed E-state index contributed by atoms with van der Waals surface area (Å²) in [5.41, 5.74) is 0.881. The quantitative estimate of drug-likeness (QED) is 0.836. The van der Waals surface area contributed by atoms with Crippen LogP contribution in [0.15, 0.2) is 24.3 Å². The van der Waals surface area contributed by atoms with Crippen molar-refractivity contribution in [1.82, 2.24) is 5.32 Å². The van der Waals surface area contributed by atoms with Gasteiger partial charge in [0, 0.05) is 11.4 Å². The highest BCUT2D eigenvalue weighted by molar-refractivity contribution is 6.30. The molecule has 1 aromatic carbocycles. The van der Waals surface area contributed by atoms with E-state index in [1.54, 1.807) is 12.1 Å². The Bertz CT molecular complexity index is 484. The van der Waals surface area contributed by atoms with Crippen molar-refractivity contribution < 1.29 is 9.59 Å². The molecule has 0 bridgehead atoms. The number of imide groups is 1. The number of hydrogen-bond acceptors (Lipinski definition) is 2. The van der Waals surface area contributed by atoms with Crippen molar-refractivity contribution in [1.29, 1.82) is 0 Å². The van der Waals surface area contributed by atoms with Gasteiger partial charge in [-0.1, -0.05) is 37.6 Å². The van der Waals surface area contributed by atoms with Crippen LogP contribution in [0.4, 0.5) is 0 Å². The van der Waals surface area contributed by atoms with Gasteiger partial charge in [-0.25, -0.2) is 0 Å². The van der Waals surface area contributed by atoms with Gasteiger partial charge >= 0.3 is 0 Å². The molecule has 0 saturated carbocycles. The van der Waals surface area contributed by atoms with Gasteiger partial charge in [0.2, 0.25) is 11.8 Å². The molecule has 4 heteroatoms. The van der Waals surface area contributed by atoms with Gasteiger partial charge in [-0.15, -0.1) is 0 Å². The first kappa shape index (κ1) is 13.1. The Morgan fingerprint density at radius 3 is 2.67 bits per heavy atom. The van der Waals surface area contributed by atoms with Gasteiger partial charge in [0.05, 0.1) is 5.92 Å². The Balaban J connectivity index is 2.38. The topological polar surface area (TPSA) is 46.2 Å². The predicted molar refractivity (Wildman–Crippen MR) is 70.3 cm³/mol. The minimum absolute atomic E-state index is 0.0321. The number of amides is 2. The fourth-order valence-electron chi connectivity index (χ4n) is 2.51. The standard InChI is InChI=1S/C14H16ClNO2/c1-8(2)11-7-12(17)16-14(18)13(11)9-4-3-5-10(15)6-9/h3-6,8,11,13H,7H2,1-2H3,(H,16,17,18). The third-order valence-corrected chi connectivity index (χ3v) is 3.69. The number of rotatable bonds is 2. The number of carbonyl (C=O) groups excluding carboxylic acids is 2. The van der Waals surface area contributed by atoms with Crippen LogP contribution >= 0.6 is 11.6 Å². The van der Waals surface area contributed by atoms with Crippen LogP contribution in [-0.2, 0) is 9.59 Å². The second-order valence-corrected chi connectivity index (χ2v) is 5.49. The zero-order valence-corrected chi connectivity index (χ0v) is 11.2. The average Bonchev–Trinajstić information content (AvgIpc) is 2.27. The molecule has 1 aliphatic heterocycles. The molecule has 0 aromatic heterocycles. The second kappa shape index (κ2) is 5.11. The van der Waals surface area contributed by atoms with Crippen molar-refractivity contribution >= 4 is 23.4 Å². The number of halogens is 1. The highest BCUT2D eigenvalue weighted by Gasteiger charge is 2.38. The summed E-state index contributed by atoms with van der Waals surface area (Å²) in [6, 6.07) is 7.30. The lowest BCUT2D eigenvalue weighted by atomic mass is 9.74. The maximum Gasteiger partial charge on any atom is 0.234 e. The van der Waals surface area contributed by atoms with Gasteiger partial charge in [-0.2, -0.15) is 0 Å². The van der Waals surface area contributed by atoms with Crippen LogP contribution in [0.5, 0.6) is 0 Å². The van der Waals surface area contributed by atoms with Crippen molar-refractivity contribution in [2.45, 2.75) is 26.2 Å². The van der Waals surface area contributed by atoms with Gasteiger partial charge in [0.15, 0.2) is 0 Å². The molecular weight excluding hydrogens is 250 g/mol. The molecule has 0 radical (unpaired) electrons. The summed E-state index contributed by atoms with van der Waals surface area (Å²) in [6.07, 6.45) is 0.389. The molecule has 0 aliphatic carbocycles. The van der Waals surface area contributed by atoms with E-state index in [1.807, 2.05) is 26.0 Å². The van der Waals surface area contributed by atoms with E-state index in [0.717, 1.165) is 5.56 Å². The maximum atomic E-state index is 12.1. The van der Waals surface area contributed by atoms with Crippen LogP contribution in [0.25, 0.3) is 0 Å². The van der Waals surface area contributed by atoms with E-state index in [1.165, 1.54) is 0 Å². The lowest BCUT2D eigenvalue weighted by molar-refractivity contribution is -0.137. The first-order valence-electron chi connectivity index (χ1n) is 6.08. The lowest BCUT2D eigenvalue weighted by Gasteiger charge is -2.33. The summed E-state index contributed by atoms with van der Waals surface area (Å²) in [6.45, 7) is 4.07. The minimum Gasteiger partial charge on any atom is -0.296 e. The van der Waals surface area contributed by atoms with Crippen LogP contribution in [-0.4, -0.2) is 11.8 Å². The van der Waals surface area contributed by atoms with Crippen molar-refractivity contribution in [3.8, 4) is 0 Å². The molecular formula is C14H16ClNO2. The summed E-state index contributed by atoms with van der Waals surface area (Å²) >= 11 is 5.97. The Hall–Kier alpha value is -1.35. The van der Waals surface area contributed by atoms with Crippen LogP contribution in [0.1, 0.15) is 31.7 Å². The fraction of sp³-hybridized carbons (Fsp3) is 0.429. The van der Waals surface area contributed by atoms with Gasteiger partial charge in [0.1, 0.15) is 0 Å². The lowest BCUT2D eigenvalue weighted by Crippen LogP contribution is -2.45. The smallest absolute Gasteiger partial charge is 0.234 e. The molecule has 1 aromatic rings. The molecule has 1 heterocycles. The predicted octanol–water partition coefficient (Wildman–Crippen LogP) is 2.74. The van der Waals surface area contributed by atoms with E-state index in [2.05, 4.69) is 5.32 Å². The van der Waals surface area contributed by atoms with Crippen LogP contribution < -0.4 is 5.32 Å². The molecule has 1 N–H and O–H groups in total. The number of benzene rings is 1. The number of nitrogens with one attached hydrogen (secondary N) is 1. The van der Waals surface area contributed by atoms with Crippen molar-refractivity contribution in [3.63, 3.8) is 0 Å². The molecule has 1 fully saturated rings. The largest absolute Gasteiger partial charge is 0.296 e. The summed E-state index contributed by atoms with van der Waals surface area (Å²) in [4.78, 5) is 23.5. The van der Waals surface area contributed by atoms with E-state index >= 15 is 0 Å². The van der Waals surface area contributed by atoms with Crippen molar-refractivity contribution in [2.75, 3.05) is 0 Å². The van der Waals surface area contributed by atoms with Gasteiger partial charge < -0.3 is 0 Å². The molecule has 0 spiro atoms. The maximum absolute atomic E-state index is 12.1. The highest BCUT2D eigenvalue weighted by Crippen LogP contribution is 2.36. The Morgan fingerprint density at radius 2 is 2.06 bits per heavy atom. The molecule has 2 rings (SSSR count). The van der Waals surface area contributed by atoms with Crippen LogP contribution in [0.3, 0.4) is 0 Å².